The molecule has 12 heavy (non-hydrogen) atoms. The van der Waals surface area contributed by atoms with Crippen molar-refractivity contribution in [1.82, 2.24) is 0 Å². The third kappa shape index (κ3) is 7.52. The van der Waals surface area contributed by atoms with Crippen LogP contribution in [0.4, 0.5) is 0 Å². The van der Waals surface area contributed by atoms with Gasteiger partial charge in [-0.2, -0.15) is 5.26 Å². The highest BCUT2D eigenvalue weighted by Crippen LogP contribution is 1.93. The molecule has 0 N–H and O–H groups in total. The molecule has 0 saturated heterocycles. The first-order valence-electron chi connectivity index (χ1n) is 4.25. The minimum Gasteiger partial charge on any atom is -0.379 e. The third-order valence-corrected chi connectivity index (χ3v) is 1.23. The molecule has 0 spiro atoms. The standard InChI is InChI=1S/C9H17NO2/c1-8(2)7-11-4-5-12-9(3)6-10/h8-9H,4-5,7H2,1-3H3. The van der Waals surface area contributed by atoms with Gasteiger partial charge in [0.1, 0.15) is 6.10 Å². The van der Waals surface area contributed by atoms with E-state index >= 15 is 0 Å². The van der Waals surface area contributed by atoms with E-state index in [2.05, 4.69) is 13.8 Å². The van der Waals surface area contributed by atoms with Crippen molar-refractivity contribution in [1.29, 1.82) is 5.26 Å². The Balaban J connectivity index is 3.07. The van der Waals surface area contributed by atoms with Crippen molar-refractivity contribution in [2.45, 2.75) is 26.9 Å². The van der Waals surface area contributed by atoms with Gasteiger partial charge in [0.05, 0.1) is 19.3 Å². The fraction of sp³-hybridized carbons (Fsp3) is 0.889. The van der Waals surface area contributed by atoms with Crippen molar-refractivity contribution < 1.29 is 9.47 Å². The fourth-order valence-corrected chi connectivity index (χ4v) is 0.640. The van der Waals surface area contributed by atoms with Crippen LogP contribution in [0, 0.1) is 17.2 Å². The van der Waals surface area contributed by atoms with E-state index in [1.807, 2.05) is 6.07 Å². The first kappa shape index (κ1) is 11.4. The SMILES string of the molecule is CC(C)COCCOC(C)C#N. The fourth-order valence-electron chi connectivity index (χ4n) is 0.640. The molecule has 0 aliphatic carbocycles. The van der Waals surface area contributed by atoms with Crippen molar-refractivity contribution in [3.8, 4) is 6.07 Å². The van der Waals surface area contributed by atoms with E-state index in [1.165, 1.54) is 0 Å². The van der Waals surface area contributed by atoms with Gasteiger partial charge in [0.15, 0.2) is 0 Å². The van der Waals surface area contributed by atoms with Gasteiger partial charge in [0.2, 0.25) is 0 Å². The van der Waals surface area contributed by atoms with Crippen molar-refractivity contribution in [3.63, 3.8) is 0 Å². The van der Waals surface area contributed by atoms with Crippen LogP contribution in [0.3, 0.4) is 0 Å². The topological polar surface area (TPSA) is 42.2 Å². The lowest BCUT2D eigenvalue weighted by molar-refractivity contribution is 0.0239. The first-order chi connectivity index (χ1) is 5.66. The molecule has 0 fully saturated rings. The summed E-state index contributed by atoms with van der Waals surface area (Å²) in [5.41, 5.74) is 0. The summed E-state index contributed by atoms with van der Waals surface area (Å²) in [6.45, 7) is 7.75. The van der Waals surface area contributed by atoms with Gasteiger partial charge in [-0.15, -0.1) is 0 Å². The molecule has 0 rings (SSSR count). The van der Waals surface area contributed by atoms with Crippen molar-refractivity contribution in [2.75, 3.05) is 19.8 Å². The van der Waals surface area contributed by atoms with E-state index in [0.29, 0.717) is 19.1 Å². The minimum atomic E-state index is -0.326. The zero-order valence-electron chi connectivity index (χ0n) is 8.04. The van der Waals surface area contributed by atoms with Crippen molar-refractivity contribution >= 4 is 0 Å². The average molecular weight is 171 g/mol. The average Bonchev–Trinajstić information content (AvgIpc) is 2.03. The molecule has 3 heteroatoms. The number of nitrogens with zero attached hydrogens (tertiary/aromatic N) is 1. The molecule has 0 radical (unpaired) electrons. The summed E-state index contributed by atoms with van der Waals surface area (Å²) < 4.78 is 10.3. The highest BCUT2D eigenvalue weighted by atomic mass is 16.5. The van der Waals surface area contributed by atoms with E-state index in [4.69, 9.17) is 14.7 Å². The van der Waals surface area contributed by atoms with Crippen LogP contribution in [0.15, 0.2) is 0 Å². The Morgan fingerprint density at radius 2 is 1.92 bits per heavy atom. The Morgan fingerprint density at radius 3 is 2.42 bits per heavy atom. The summed E-state index contributed by atoms with van der Waals surface area (Å²) in [4.78, 5) is 0. The first-order valence-corrected chi connectivity index (χ1v) is 4.25. The van der Waals surface area contributed by atoms with Crippen LogP contribution in [0.2, 0.25) is 0 Å². The van der Waals surface area contributed by atoms with E-state index in [-0.39, 0.29) is 6.10 Å². The number of rotatable bonds is 6. The maximum Gasteiger partial charge on any atom is 0.141 e. The largest absolute Gasteiger partial charge is 0.379 e. The van der Waals surface area contributed by atoms with Gasteiger partial charge in [0, 0.05) is 6.61 Å². The number of hydrogen-bond acceptors (Lipinski definition) is 3. The molecule has 3 nitrogen and oxygen atoms in total. The lowest BCUT2D eigenvalue weighted by atomic mass is 10.2. The summed E-state index contributed by atoms with van der Waals surface area (Å²) in [5, 5.41) is 8.36. The monoisotopic (exact) mass is 171 g/mol. The Labute approximate surface area is 74.3 Å². The number of nitriles is 1. The zero-order chi connectivity index (χ0) is 9.40. The van der Waals surface area contributed by atoms with E-state index in [1.54, 1.807) is 6.92 Å². The molecule has 70 valence electrons. The van der Waals surface area contributed by atoms with Gasteiger partial charge in [-0.25, -0.2) is 0 Å². The van der Waals surface area contributed by atoms with Crippen LogP contribution in [0.1, 0.15) is 20.8 Å². The van der Waals surface area contributed by atoms with Gasteiger partial charge in [-0.1, -0.05) is 13.8 Å². The van der Waals surface area contributed by atoms with Crippen LogP contribution >= 0.6 is 0 Å². The lowest BCUT2D eigenvalue weighted by Crippen LogP contribution is -2.12. The molecule has 1 atom stereocenters. The Hall–Kier alpha value is -0.590. The van der Waals surface area contributed by atoms with Crippen LogP contribution in [-0.4, -0.2) is 25.9 Å². The highest BCUT2D eigenvalue weighted by molar-refractivity contribution is 4.78. The summed E-state index contributed by atoms with van der Waals surface area (Å²) in [5.74, 6) is 0.554. The third-order valence-electron chi connectivity index (χ3n) is 1.23. The minimum absolute atomic E-state index is 0.326. The second-order valence-electron chi connectivity index (χ2n) is 3.11. The maximum atomic E-state index is 8.36. The molecule has 0 saturated carbocycles. The van der Waals surface area contributed by atoms with Crippen LogP contribution in [0.25, 0.3) is 0 Å². The van der Waals surface area contributed by atoms with Gasteiger partial charge in [-0.3, -0.25) is 0 Å². The molecule has 0 aromatic heterocycles. The smallest absolute Gasteiger partial charge is 0.141 e. The van der Waals surface area contributed by atoms with E-state index in [9.17, 15) is 0 Å². The van der Waals surface area contributed by atoms with Crippen LogP contribution in [0.5, 0.6) is 0 Å². The van der Waals surface area contributed by atoms with Crippen molar-refractivity contribution in [2.24, 2.45) is 5.92 Å². The summed E-state index contributed by atoms with van der Waals surface area (Å²) >= 11 is 0. The molecular formula is C9H17NO2. The molecule has 0 heterocycles. The molecule has 0 bridgehead atoms. The molecule has 0 aliphatic rings. The Morgan fingerprint density at radius 1 is 1.25 bits per heavy atom. The van der Waals surface area contributed by atoms with E-state index < -0.39 is 0 Å². The number of hydrogen-bond donors (Lipinski definition) is 0. The normalized spacial score (nSPS) is 12.9. The summed E-state index contributed by atoms with van der Waals surface area (Å²) in [6, 6.07) is 1.99. The molecular weight excluding hydrogens is 154 g/mol. The van der Waals surface area contributed by atoms with E-state index in [0.717, 1.165) is 6.61 Å². The molecule has 0 aliphatic heterocycles. The van der Waals surface area contributed by atoms with Gasteiger partial charge in [-0.05, 0) is 12.8 Å². The quantitative estimate of drug-likeness (QED) is 0.570. The van der Waals surface area contributed by atoms with Gasteiger partial charge in [0.25, 0.3) is 0 Å². The van der Waals surface area contributed by atoms with Crippen LogP contribution in [-0.2, 0) is 9.47 Å². The lowest BCUT2D eigenvalue weighted by Gasteiger charge is -2.07. The molecule has 0 aromatic rings. The zero-order valence-corrected chi connectivity index (χ0v) is 8.04. The summed E-state index contributed by atoms with van der Waals surface area (Å²) in [7, 11) is 0. The Bertz CT molecular complexity index is 140. The predicted octanol–water partition coefficient (Wildman–Crippen LogP) is 1.59. The second-order valence-corrected chi connectivity index (χ2v) is 3.11. The van der Waals surface area contributed by atoms with Crippen LogP contribution < -0.4 is 0 Å². The van der Waals surface area contributed by atoms with Gasteiger partial charge >= 0.3 is 0 Å². The molecule has 0 amide bonds. The molecule has 1 unspecified atom stereocenters. The van der Waals surface area contributed by atoms with Gasteiger partial charge < -0.3 is 9.47 Å². The summed E-state index contributed by atoms with van der Waals surface area (Å²) in [6.07, 6.45) is -0.326. The van der Waals surface area contributed by atoms with Crippen molar-refractivity contribution in [3.05, 3.63) is 0 Å². The number of ether oxygens (including phenoxy) is 2. The highest BCUT2D eigenvalue weighted by Gasteiger charge is 1.98. The molecule has 0 aromatic carbocycles. The second kappa shape index (κ2) is 7.08. The maximum absolute atomic E-state index is 8.36. The predicted molar refractivity (Wildman–Crippen MR) is 46.7 cm³/mol. The Kier molecular flexibility index (Phi) is 6.73.